The van der Waals surface area contributed by atoms with Gasteiger partial charge in [-0.3, -0.25) is 4.79 Å². The zero-order valence-electron chi connectivity index (χ0n) is 11.1. The normalized spacial score (nSPS) is 12.0. The van der Waals surface area contributed by atoms with Crippen LogP contribution in [0.4, 0.5) is 14.5 Å². The van der Waals surface area contributed by atoms with Gasteiger partial charge in [0.05, 0.1) is 17.4 Å². The summed E-state index contributed by atoms with van der Waals surface area (Å²) in [4.78, 5) is 22.3. The van der Waals surface area contributed by atoms with Crippen LogP contribution in [0.3, 0.4) is 0 Å². The van der Waals surface area contributed by atoms with Crippen molar-refractivity contribution in [2.24, 2.45) is 0 Å². The minimum absolute atomic E-state index is 0.0776. The molecule has 1 amide bonds. The fraction of sp³-hybridized carbons (Fsp3) is 0.385. The second-order valence-electron chi connectivity index (χ2n) is 4.25. The maximum Gasteiger partial charge on any atom is 0.338 e. The van der Waals surface area contributed by atoms with E-state index in [-0.39, 0.29) is 18.2 Å². The predicted octanol–water partition coefficient (Wildman–Crippen LogP) is 2.42. The van der Waals surface area contributed by atoms with Crippen molar-refractivity contribution in [3.63, 3.8) is 0 Å². The summed E-state index contributed by atoms with van der Waals surface area (Å²) in [5.41, 5.74) is -1.06. The van der Waals surface area contributed by atoms with E-state index in [4.69, 9.17) is 9.84 Å². The van der Waals surface area contributed by atoms with Gasteiger partial charge in [0.15, 0.2) is 0 Å². The number of anilines is 1. The monoisotopic (exact) mass is 287 g/mol. The van der Waals surface area contributed by atoms with Crippen LogP contribution in [0.15, 0.2) is 12.1 Å². The molecule has 0 aliphatic carbocycles. The van der Waals surface area contributed by atoms with E-state index in [0.29, 0.717) is 12.5 Å². The number of nitrogens with one attached hydrogen (secondary N) is 1. The molecule has 0 spiro atoms. The summed E-state index contributed by atoms with van der Waals surface area (Å²) in [6, 6.07) is 1.18. The van der Waals surface area contributed by atoms with Gasteiger partial charge < -0.3 is 15.2 Å². The van der Waals surface area contributed by atoms with Crippen LogP contribution >= 0.6 is 0 Å². The quantitative estimate of drug-likeness (QED) is 0.842. The van der Waals surface area contributed by atoms with Gasteiger partial charge >= 0.3 is 5.97 Å². The number of methoxy groups -OCH3 is 1. The highest BCUT2D eigenvalue weighted by Gasteiger charge is 2.16. The Morgan fingerprint density at radius 1 is 1.35 bits per heavy atom. The summed E-state index contributed by atoms with van der Waals surface area (Å²) in [5.74, 6) is -4.26. The number of hydrogen-bond donors (Lipinski definition) is 2. The summed E-state index contributed by atoms with van der Waals surface area (Å²) in [5, 5.41) is 10.9. The molecule has 1 unspecified atom stereocenters. The average molecular weight is 287 g/mol. The van der Waals surface area contributed by atoms with Gasteiger partial charge in [-0.05, 0) is 19.4 Å². The molecule has 110 valence electrons. The molecule has 0 saturated carbocycles. The lowest BCUT2D eigenvalue weighted by molar-refractivity contribution is -0.116. The lowest BCUT2D eigenvalue weighted by Gasteiger charge is -2.10. The first-order chi connectivity index (χ1) is 9.35. The summed E-state index contributed by atoms with van der Waals surface area (Å²) in [6.07, 6.45) is 0.374. The number of aromatic carboxylic acids is 1. The third-order valence-corrected chi connectivity index (χ3v) is 2.74. The number of carbonyl (C=O) groups is 2. The maximum atomic E-state index is 13.4. The number of benzene rings is 1. The van der Waals surface area contributed by atoms with Crippen LogP contribution in [-0.4, -0.2) is 30.2 Å². The van der Waals surface area contributed by atoms with Gasteiger partial charge in [-0.2, -0.15) is 0 Å². The number of carboxylic acid groups (broad SMARTS) is 1. The van der Waals surface area contributed by atoms with E-state index >= 15 is 0 Å². The van der Waals surface area contributed by atoms with Crippen molar-refractivity contribution in [2.75, 3.05) is 12.4 Å². The molecular formula is C13H15F2NO4. The molecule has 0 fully saturated rings. The van der Waals surface area contributed by atoms with E-state index in [1.54, 1.807) is 6.92 Å². The van der Waals surface area contributed by atoms with Crippen LogP contribution in [0.5, 0.6) is 0 Å². The molecule has 1 rings (SSSR count). The Hall–Kier alpha value is -2.02. The molecule has 1 aromatic rings. The number of hydrogen-bond acceptors (Lipinski definition) is 3. The minimum atomic E-state index is -1.54. The van der Waals surface area contributed by atoms with Crippen LogP contribution in [0.25, 0.3) is 0 Å². The Kier molecular flexibility index (Phi) is 5.57. The van der Waals surface area contributed by atoms with Gasteiger partial charge in [0, 0.05) is 19.6 Å². The van der Waals surface area contributed by atoms with E-state index in [1.807, 2.05) is 0 Å². The number of ether oxygens (including phenoxy) is 1. The van der Waals surface area contributed by atoms with Crippen molar-refractivity contribution in [1.29, 1.82) is 0 Å². The smallest absolute Gasteiger partial charge is 0.338 e. The van der Waals surface area contributed by atoms with E-state index in [9.17, 15) is 18.4 Å². The maximum absolute atomic E-state index is 13.4. The zero-order chi connectivity index (χ0) is 15.3. The number of carboxylic acids is 1. The average Bonchev–Trinajstić information content (AvgIpc) is 2.38. The minimum Gasteiger partial charge on any atom is -0.478 e. The van der Waals surface area contributed by atoms with Crippen LogP contribution in [0.2, 0.25) is 0 Å². The fourth-order valence-corrected chi connectivity index (χ4v) is 1.47. The molecule has 0 aliphatic rings. The summed E-state index contributed by atoms with van der Waals surface area (Å²) in [6.45, 7) is 1.77. The Bertz CT molecular complexity index is 519. The molecular weight excluding hydrogens is 272 g/mol. The molecule has 20 heavy (non-hydrogen) atoms. The second kappa shape index (κ2) is 6.95. The summed E-state index contributed by atoms with van der Waals surface area (Å²) >= 11 is 0. The molecule has 1 aromatic carbocycles. The number of rotatable bonds is 6. The van der Waals surface area contributed by atoms with Gasteiger partial charge in [-0.1, -0.05) is 0 Å². The first kappa shape index (κ1) is 16.0. The van der Waals surface area contributed by atoms with Crippen LogP contribution < -0.4 is 5.32 Å². The predicted molar refractivity (Wildman–Crippen MR) is 67.7 cm³/mol. The van der Waals surface area contributed by atoms with Crippen molar-refractivity contribution in [1.82, 2.24) is 0 Å². The molecule has 0 heterocycles. The Labute approximate surface area is 114 Å². The molecule has 0 aromatic heterocycles. The third-order valence-electron chi connectivity index (χ3n) is 2.74. The molecule has 7 heteroatoms. The highest BCUT2D eigenvalue weighted by molar-refractivity contribution is 5.94. The standard InChI is InChI=1S/C13H15F2NO4/c1-7(20-2)3-4-12(17)16-11-5-8(13(18)19)9(14)6-10(11)15/h5-7H,3-4H2,1-2H3,(H,16,17)(H,18,19). The highest BCUT2D eigenvalue weighted by atomic mass is 19.1. The van der Waals surface area contributed by atoms with Gasteiger partial charge in [-0.25, -0.2) is 13.6 Å². The van der Waals surface area contributed by atoms with E-state index in [2.05, 4.69) is 5.32 Å². The zero-order valence-corrected chi connectivity index (χ0v) is 11.1. The molecule has 1 atom stereocenters. The summed E-state index contributed by atoms with van der Waals surface area (Å²) < 4.78 is 31.6. The Morgan fingerprint density at radius 2 is 2.00 bits per heavy atom. The fourth-order valence-electron chi connectivity index (χ4n) is 1.47. The van der Waals surface area contributed by atoms with Gasteiger partial charge in [0.25, 0.3) is 0 Å². The highest BCUT2D eigenvalue weighted by Crippen LogP contribution is 2.20. The van der Waals surface area contributed by atoms with E-state index < -0.39 is 29.1 Å². The van der Waals surface area contributed by atoms with Crippen molar-refractivity contribution < 1.29 is 28.2 Å². The van der Waals surface area contributed by atoms with Crippen molar-refractivity contribution in [2.45, 2.75) is 25.9 Å². The SMILES string of the molecule is COC(C)CCC(=O)Nc1cc(C(=O)O)c(F)cc1F. The Morgan fingerprint density at radius 3 is 2.55 bits per heavy atom. The molecule has 0 aliphatic heterocycles. The van der Waals surface area contributed by atoms with Crippen LogP contribution in [-0.2, 0) is 9.53 Å². The first-order valence-electron chi connectivity index (χ1n) is 5.90. The molecule has 2 N–H and O–H groups in total. The topological polar surface area (TPSA) is 75.6 Å². The molecule has 5 nitrogen and oxygen atoms in total. The number of halogens is 2. The molecule has 0 radical (unpaired) electrons. The third kappa shape index (κ3) is 4.27. The number of amides is 1. The van der Waals surface area contributed by atoms with Crippen LogP contribution in [0.1, 0.15) is 30.1 Å². The van der Waals surface area contributed by atoms with Crippen molar-refractivity contribution in [3.8, 4) is 0 Å². The lowest BCUT2D eigenvalue weighted by Crippen LogP contribution is -2.16. The lowest BCUT2D eigenvalue weighted by atomic mass is 10.1. The van der Waals surface area contributed by atoms with Gasteiger partial charge in [0.1, 0.15) is 11.6 Å². The molecule has 0 saturated heterocycles. The first-order valence-corrected chi connectivity index (χ1v) is 5.90. The van der Waals surface area contributed by atoms with E-state index in [0.717, 1.165) is 6.07 Å². The van der Waals surface area contributed by atoms with Crippen molar-refractivity contribution >= 4 is 17.6 Å². The van der Waals surface area contributed by atoms with E-state index in [1.165, 1.54) is 7.11 Å². The largest absolute Gasteiger partial charge is 0.478 e. The summed E-state index contributed by atoms with van der Waals surface area (Å²) in [7, 11) is 1.50. The number of carbonyl (C=O) groups excluding carboxylic acids is 1. The molecule has 0 bridgehead atoms. The van der Waals surface area contributed by atoms with Crippen LogP contribution in [0, 0.1) is 11.6 Å². The van der Waals surface area contributed by atoms with Gasteiger partial charge in [-0.15, -0.1) is 0 Å². The van der Waals surface area contributed by atoms with Gasteiger partial charge in [0.2, 0.25) is 5.91 Å². The van der Waals surface area contributed by atoms with Crippen molar-refractivity contribution in [3.05, 3.63) is 29.3 Å². The Balaban J connectivity index is 2.79. The second-order valence-corrected chi connectivity index (χ2v) is 4.25.